The third-order valence-electron chi connectivity index (χ3n) is 6.56. The molecule has 208 valence electrons. The van der Waals surface area contributed by atoms with Crippen LogP contribution in [0.4, 0.5) is 10.5 Å². The van der Waals surface area contributed by atoms with Gasteiger partial charge in [0.2, 0.25) is 0 Å². The minimum absolute atomic E-state index is 0.374. The Balaban J connectivity index is 1.23. The van der Waals surface area contributed by atoms with Crippen LogP contribution >= 0.6 is 11.6 Å². The minimum Gasteiger partial charge on any atom is -0.494 e. The molecular formula is C34H32ClN3O3. The fourth-order valence-electron chi connectivity index (χ4n) is 4.37. The van der Waals surface area contributed by atoms with Gasteiger partial charge in [-0.25, -0.2) is 4.79 Å². The molecular weight excluding hydrogens is 534 g/mol. The number of amides is 1. The Kier molecular flexibility index (Phi) is 9.34. The van der Waals surface area contributed by atoms with Crippen LogP contribution in [0.5, 0.6) is 17.2 Å². The van der Waals surface area contributed by atoms with Crippen molar-refractivity contribution in [3.8, 4) is 39.6 Å². The van der Waals surface area contributed by atoms with Crippen molar-refractivity contribution in [2.24, 2.45) is 0 Å². The van der Waals surface area contributed by atoms with Gasteiger partial charge in [0, 0.05) is 28.0 Å². The van der Waals surface area contributed by atoms with Crippen LogP contribution in [0.25, 0.3) is 22.4 Å². The van der Waals surface area contributed by atoms with Crippen molar-refractivity contribution in [1.29, 1.82) is 0 Å². The number of aromatic nitrogens is 2. The molecule has 1 heterocycles. The van der Waals surface area contributed by atoms with E-state index in [0.29, 0.717) is 27.9 Å². The first-order chi connectivity index (χ1) is 20.1. The highest BCUT2D eigenvalue weighted by atomic mass is 35.5. The van der Waals surface area contributed by atoms with E-state index in [0.717, 1.165) is 35.5 Å². The second kappa shape index (κ2) is 13.7. The normalized spacial score (nSPS) is 10.8. The lowest BCUT2D eigenvalue weighted by Gasteiger charge is -2.09. The first-order valence-corrected chi connectivity index (χ1v) is 14.2. The molecule has 5 rings (SSSR count). The lowest BCUT2D eigenvalue weighted by atomic mass is 10.0. The van der Waals surface area contributed by atoms with Crippen LogP contribution in [0.3, 0.4) is 0 Å². The molecule has 7 heteroatoms. The zero-order valence-corrected chi connectivity index (χ0v) is 23.7. The second-order valence-corrected chi connectivity index (χ2v) is 10.1. The maximum Gasteiger partial charge on any atom is 0.346 e. The molecule has 0 saturated carbocycles. The Bertz CT molecular complexity index is 1550. The summed E-state index contributed by atoms with van der Waals surface area (Å²) in [6, 6.07) is 31.7. The van der Waals surface area contributed by atoms with E-state index < -0.39 is 0 Å². The molecule has 0 atom stereocenters. The molecule has 0 saturated heterocycles. The average Bonchev–Trinajstić information content (AvgIpc) is 3.46. The van der Waals surface area contributed by atoms with Crippen molar-refractivity contribution in [2.75, 3.05) is 11.9 Å². The fraction of sp³-hybridized carbons (Fsp3) is 0.176. The zero-order valence-electron chi connectivity index (χ0n) is 22.9. The number of nitrogens with zero attached hydrogens (tertiary/aromatic N) is 2. The van der Waals surface area contributed by atoms with Crippen molar-refractivity contribution < 1.29 is 14.3 Å². The van der Waals surface area contributed by atoms with Crippen LogP contribution in [-0.2, 0) is 0 Å². The van der Waals surface area contributed by atoms with Gasteiger partial charge in [-0.2, -0.15) is 9.78 Å². The van der Waals surface area contributed by atoms with Crippen molar-refractivity contribution in [3.05, 3.63) is 114 Å². The SMILES string of the molecule is CCCCCCOc1ccc(Oc2ccc(NC(=O)n3cc(-c4ccccc4)c(-c4ccc(Cl)cc4)n3)cc2)cc1. The first kappa shape index (κ1) is 28.0. The van der Waals surface area contributed by atoms with Gasteiger partial charge in [0.15, 0.2) is 0 Å². The molecule has 0 bridgehead atoms. The molecule has 0 aliphatic carbocycles. The number of nitrogens with one attached hydrogen (secondary N) is 1. The van der Waals surface area contributed by atoms with Crippen molar-refractivity contribution in [2.45, 2.75) is 32.6 Å². The number of carbonyl (C=O) groups excluding carboxylic acids is 1. The summed E-state index contributed by atoms with van der Waals surface area (Å²) in [5.74, 6) is 2.20. The fourth-order valence-corrected chi connectivity index (χ4v) is 4.50. The first-order valence-electron chi connectivity index (χ1n) is 13.8. The summed E-state index contributed by atoms with van der Waals surface area (Å²) in [5, 5.41) is 8.17. The van der Waals surface area contributed by atoms with E-state index in [1.54, 1.807) is 18.3 Å². The standard InChI is InChI=1S/C34H32ClN3O3/c1-2-3-4-8-23-40-29-19-21-31(22-20-29)41-30-17-15-28(16-18-30)36-34(39)38-24-32(25-9-6-5-7-10-25)33(37-38)26-11-13-27(35)14-12-26/h5-7,9-22,24H,2-4,8,23H2,1H3,(H,36,39). The minimum atomic E-state index is -0.374. The monoisotopic (exact) mass is 565 g/mol. The van der Waals surface area contributed by atoms with Crippen molar-refractivity contribution in [1.82, 2.24) is 9.78 Å². The average molecular weight is 566 g/mol. The summed E-state index contributed by atoms with van der Waals surface area (Å²) >= 11 is 6.09. The predicted octanol–water partition coefficient (Wildman–Crippen LogP) is 9.70. The molecule has 6 nitrogen and oxygen atoms in total. The Morgan fingerprint density at radius 2 is 1.44 bits per heavy atom. The lowest BCUT2D eigenvalue weighted by molar-refractivity contribution is 0.251. The summed E-state index contributed by atoms with van der Waals surface area (Å²) in [6.45, 7) is 2.92. The van der Waals surface area contributed by atoms with E-state index in [1.807, 2.05) is 91.0 Å². The van der Waals surface area contributed by atoms with Gasteiger partial charge in [-0.15, -0.1) is 0 Å². The van der Waals surface area contributed by atoms with Crippen molar-refractivity contribution >= 4 is 23.3 Å². The van der Waals surface area contributed by atoms with Gasteiger partial charge in [0.1, 0.15) is 22.9 Å². The summed E-state index contributed by atoms with van der Waals surface area (Å²) in [6.07, 6.45) is 6.45. The highest BCUT2D eigenvalue weighted by Crippen LogP contribution is 2.32. The maximum atomic E-state index is 13.2. The van der Waals surface area contributed by atoms with Crippen molar-refractivity contribution in [3.63, 3.8) is 0 Å². The van der Waals surface area contributed by atoms with Crippen LogP contribution in [0.15, 0.2) is 109 Å². The third-order valence-corrected chi connectivity index (χ3v) is 6.81. The molecule has 1 N–H and O–H groups in total. The molecule has 5 aromatic rings. The van der Waals surface area contributed by atoms with Gasteiger partial charge in [0.25, 0.3) is 0 Å². The molecule has 0 unspecified atom stereocenters. The van der Waals surface area contributed by atoms with Gasteiger partial charge >= 0.3 is 6.03 Å². The van der Waals surface area contributed by atoms with Crippen LogP contribution in [0.2, 0.25) is 5.02 Å². The number of anilines is 1. The predicted molar refractivity (Wildman–Crippen MR) is 165 cm³/mol. The topological polar surface area (TPSA) is 65.4 Å². The van der Waals surface area contributed by atoms with E-state index in [4.69, 9.17) is 21.1 Å². The molecule has 0 radical (unpaired) electrons. The summed E-state index contributed by atoms with van der Waals surface area (Å²) in [7, 11) is 0. The third kappa shape index (κ3) is 7.56. The van der Waals surface area contributed by atoms with Crippen LogP contribution in [0.1, 0.15) is 32.6 Å². The lowest BCUT2D eigenvalue weighted by Crippen LogP contribution is -2.19. The Morgan fingerprint density at radius 1 is 0.780 bits per heavy atom. The van der Waals surface area contributed by atoms with Gasteiger partial charge in [-0.05, 0) is 72.6 Å². The number of carbonyl (C=O) groups is 1. The number of benzene rings is 4. The van der Waals surface area contributed by atoms with Crippen LogP contribution in [0, 0.1) is 0 Å². The Hall–Kier alpha value is -4.55. The quantitative estimate of drug-likeness (QED) is 0.162. The summed E-state index contributed by atoms with van der Waals surface area (Å²) in [5.41, 5.74) is 4.00. The molecule has 41 heavy (non-hydrogen) atoms. The second-order valence-electron chi connectivity index (χ2n) is 9.65. The number of hydrogen-bond acceptors (Lipinski definition) is 4. The molecule has 0 spiro atoms. The van der Waals surface area contributed by atoms with E-state index in [1.165, 1.54) is 23.9 Å². The Morgan fingerprint density at radius 3 is 2.12 bits per heavy atom. The number of ether oxygens (including phenoxy) is 2. The van der Waals surface area contributed by atoms with E-state index in [-0.39, 0.29) is 6.03 Å². The number of halogens is 1. The van der Waals surface area contributed by atoms with Gasteiger partial charge in [-0.3, -0.25) is 0 Å². The smallest absolute Gasteiger partial charge is 0.346 e. The largest absolute Gasteiger partial charge is 0.494 e. The zero-order chi connectivity index (χ0) is 28.4. The highest BCUT2D eigenvalue weighted by Gasteiger charge is 2.17. The van der Waals surface area contributed by atoms with Crippen LogP contribution in [-0.4, -0.2) is 22.4 Å². The van der Waals surface area contributed by atoms with E-state index in [2.05, 4.69) is 17.3 Å². The molecule has 0 aliphatic rings. The molecule has 0 fully saturated rings. The maximum absolute atomic E-state index is 13.2. The van der Waals surface area contributed by atoms with Gasteiger partial charge < -0.3 is 14.8 Å². The number of rotatable bonds is 11. The number of unbranched alkanes of at least 4 members (excludes halogenated alkanes) is 3. The van der Waals surface area contributed by atoms with E-state index in [9.17, 15) is 4.79 Å². The van der Waals surface area contributed by atoms with Gasteiger partial charge in [0.05, 0.1) is 6.61 Å². The van der Waals surface area contributed by atoms with Crippen LogP contribution < -0.4 is 14.8 Å². The molecule has 4 aromatic carbocycles. The van der Waals surface area contributed by atoms with E-state index >= 15 is 0 Å². The number of hydrogen-bond donors (Lipinski definition) is 1. The molecule has 0 aliphatic heterocycles. The highest BCUT2D eigenvalue weighted by molar-refractivity contribution is 6.30. The summed E-state index contributed by atoms with van der Waals surface area (Å²) < 4.78 is 13.1. The molecule has 1 amide bonds. The molecule has 1 aromatic heterocycles. The summed E-state index contributed by atoms with van der Waals surface area (Å²) in [4.78, 5) is 13.2. The van der Waals surface area contributed by atoms with Gasteiger partial charge in [-0.1, -0.05) is 80.3 Å². The Labute approximate surface area is 245 Å².